The number of nitrogens with two attached hydrogens (primary N) is 1. The number of para-hydroxylation sites is 1. The van der Waals surface area contributed by atoms with Gasteiger partial charge in [-0.25, -0.2) is 4.79 Å². The van der Waals surface area contributed by atoms with Crippen LogP contribution in [0, 0.1) is 5.92 Å². The van der Waals surface area contributed by atoms with Crippen LogP contribution in [-0.2, 0) is 9.53 Å². The molecule has 5 nitrogen and oxygen atoms in total. The van der Waals surface area contributed by atoms with Gasteiger partial charge in [-0.15, -0.1) is 0 Å². The standard InChI is InChI=1S/C19H28N2O3/c1-15(2)13-19(11-7-4-8-12-19)21(16-9-5-3-6-10-16)18(23)24-17(22)14-20/h3,5-6,9-10,15H,4,7-8,11-14,20H2,1-2H3. The smallest absolute Gasteiger partial charge is 0.375 e. The number of anilines is 1. The van der Waals surface area contributed by atoms with Gasteiger partial charge in [0.1, 0.15) is 0 Å². The molecule has 1 saturated carbocycles. The third-order valence-electron chi connectivity index (χ3n) is 4.61. The number of amides is 1. The molecule has 0 bridgehead atoms. The van der Waals surface area contributed by atoms with Gasteiger partial charge in [0.15, 0.2) is 0 Å². The van der Waals surface area contributed by atoms with Crippen molar-refractivity contribution < 1.29 is 14.3 Å². The Morgan fingerprint density at radius 1 is 1.17 bits per heavy atom. The normalized spacial score (nSPS) is 16.7. The molecule has 1 aromatic carbocycles. The van der Waals surface area contributed by atoms with Crippen molar-refractivity contribution in [2.45, 2.75) is 57.9 Å². The van der Waals surface area contributed by atoms with Gasteiger partial charge in [-0.1, -0.05) is 51.3 Å². The van der Waals surface area contributed by atoms with E-state index in [2.05, 4.69) is 13.8 Å². The Kier molecular flexibility index (Phi) is 6.37. The number of rotatable bonds is 5. The van der Waals surface area contributed by atoms with Crippen LogP contribution in [0.5, 0.6) is 0 Å². The number of carbonyl (C=O) groups is 2. The third-order valence-corrected chi connectivity index (χ3v) is 4.61. The van der Waals surface area contributed by atoms with Gasteiger partial charge in [0.25, 0.3) is 0 Å². The van der Waals surface area contributed by atoms with Crippen molar-refractivity contribution in [2.75, 3.05) is 11.4 Å². The summed E-state index contributed by atoms with van der Waals surface area (Å²) in [5.74, 6) is -0.260. The summed E-state index contributed by atoms with van der Waals surface area (Å²) >= 11 is 0. The lowest BCUT2D eigenvalue weighted by atomic mass is 9.75. The molecule has 0 unspecified atom stereocenters. The zero-order valence-corrected chi connectivity index (χ0v) is 14.7. The average Bonchev–Trinajstić information content (AvgIpc) is 2.56. The summed E-state index contributed by atoms with van der Waals surface area (Å²) in [6.07, 6.45) is 5.45. The SMILES string of the molecule is CC(C)CC1(N(C(=O)OC(=O)CN)c2ccccc2)CCCCC1. The van der Waals surface area contributed by atoms with Crippen LogP contribution in [-0.4, -0.2) is 24.1 Å². The van der Waals surface area contributed by atoms with Crippen LogP contribution in [0.2, 0.25) is 0 Å². The Morgan fingerprint density at radius 3 is 2.33 bits per heavy atom. The lowest BCUT2D eigenvalue weighted by Crippen LogP contribution is -2.55. The van der Waals surface area contributed by atoms with E-state index in [1.165, 1.54) is 6.42 Å². The van der Waals surface area contributed by atoms with Crippen LogP contribution in [0.3, 0.4) is 0 Å². The summed E-state index contributed by atoms with van der Waals surface area (Å²) in [6, 6.07) is 9.49. The van der Waals surface area contributed by atoms with E-state index in [1.54, 1.807) is 4.90 Å². The van der Waals surface area contributed by atoms with Crippen molar-refractivity contribution in [3.63, 3.8) is 0 Å². The topological polar surface area (TPSA) is 72.6 Å². The van der Waals surface area contributed by atoms with Crippen LogP contribution in [0.25, 0.3) is 0 Å². The molecule has 132 valence electrons. The van der Waals surface area contributed by atoms with Gasteiger partial charge in [-0.2, -0.15) is 0 Å². The van der Waals surface area contributed by atoms with Crippen LogP contribution in [0.4, 0.5) is 10.5 Å². The fourth-order valence-corrected chi connectivity index (χ4v) is 3.82. The van der Waals surface area contributed by atoms with Crippen molar-refractivity contribution in [2.24, 2.45) is 11.7 Å². The number of ether oxygens (including phenoxy) is 1. The number of hydrogen-bond acceptors (Lipinski definition) is 4. The van der Waals surface area contributed by atoms with Gasteiger partial charge in [-0.05, 0) is 37.3 Å². The lowest BCUT2D eigenvalue weighted by Gasteiger charge is -2.46. The Balaban J connectivity index is 2.41. The highest BCUT2D eigenvalue weighted by atomic mass is 16.6. The Hall–Kier alpha value is -1.88. The van der Waals surface area contributed by atoms with Crippen molar-refractivity contribution in [3.05, 3.63) is 30.3 Å². The van der Waals surface area contributed by atoms with Gasteiger partial charge < -0.3 is 10.5 Å². The van der Waals surface area contributed by atoms with Crippen molar-refractivity contribution >= 4 is 17.7 Å². The molecule has 5 heteroatoms. The van der Waals surface area contributed by atoms with Crippen LogP contribution < -0.4 is 10.6 Å². The van der Waals surface area contributed by atoms with E-state index in [0.717, 1.165) is 37.8 Å². The minimum Gasteiger partial charge on any atom is -0.375 e. The Labute approximate surface area is 144 Å². The van der Waals surface area contributed by atoms with Gasteiger partial charge in [0.2, 0.25) is 0 Å². The first-order valence-electron chi connectivity index (χ1n) is 8.78. The van der Waals surface area contributed by atoms with E-state index in [4.69, 9.17) is 10.5 Å². The molecule has 1 aromatic rings. The van der Waals surface area contributed by atoms with Crippen molar-refractivity contribution in [1.82, 2.24) is 0 Å². The van der Waals surface area contributed by atoms with Gasteiger partial charge in [-0.3, -0.25) is 9.69 Å². The van der Waals surface area contributed by atoms with Gasteiger partial charge in [0.05, 0.1) is 12.1 Å². The molecule has 0 aromatic heterocycles. The zero-order valence-electron chi connectivity index (χ0n) is 14.7. The summed E-state index contributed by atoms with van der Waals surface area (Å²) in [5, 5.41) is 0. The largest absolute Gasteiger partial charge is 0.422 e. The summed E-state index contributed by atoms with van der Waals surface area (Å²) in [4.78, 5) is 26.1. The molecular weight excluding hydrogens is 304 g/mol. The van der Waals surface area contributed by atoms with E-state index in [0.29, 0.717) is 5.92 Å². The molecule has 1 aliphatic rings. The molecule has 2 rings (SSSR count). The minimum atomic E-state index is -0.698. The van der Waals surface area contributed by atoms with E-state index in [9.17, 15) is 9.59 Å². The first-order valence-corrected chi connectivity index (χ1v) is 8.78. The predicted octanol–water partition coefficient (Wildman–Crippen LogP) is 3.86. The molecule has 0 spiro atoms. The summed E-state index contributed by atoms with van der Waals surface area (Å²) in [7, 11) is 0. The van der Waals surface area contributed by atoms with E-state index in [1.807, 2.05) is 30.3 Å². The second-order valence-corrected chi connectivity index (χ2v) is 7.00. The van der Waals surface area contributed by atoms with E-state index in [-0.39, 0.29) is 12.1 Å². The first kappa shape index (κ1) is 18.5. The zero-order chi connectivity index (χ0) is 17.6. The maximum atomic E-state index is 12.8. The highest BCUT2D eigenvalue weighted by Gasteiger charge is 2.43. The van der Waals surface area contributed by atoms with Gasteiger partial charge in [0, 0.05) is 5.69 Å². The van der Waals surface area contributed by atoms with Crippen LogP contribution in [0.1, 0.15) is 52.4 Å². The highest BCUT2D eigenvalue weighted by Crippen LogP contribution is 2.41. The number of hydrogen-bond donors (Lipinski definition) is 1. The Bertz CT molecular complexity index is 551. The quantitative estimate of drug-likeness (QED) is 0.656. The van der Waals surface area contributed by atoms with Crippen molar-refractivity contribution in [3.8, 4) is 0 Å². The molecule has 0 aliphatic heterocycles. The number of nitrogens with zero attached hydrogens (tertiary/aromatic N) is 1. The number of carbonyl (C=O) groups excluding carboxylic acids is 2. The van der Waals surface area contributed by atoms with Crippen LogP contribution >= 0.6 is 0 Å². The predicted molar refractivity (Wildman–Crippen MR) is 94.7 cm³/mol. The number of esters is 1. The summed E-state index contributed by atoms with van der Waals surface area (Å²) in [6.45, 7) is 4.03. The molecule has 1 amide bonds. The highest BCUT2D eigenvalue weighted by molar-refractivity contribution is 5.96. The molecule has 1 fully saturated rings. The lowest BCUT2D eigenvalue weighted by molar-refractivity contribution is -0.135. The molecule has 0 radical (unpaired) electrons. The molecule has 24 heavy (non-hydrogen) atoms. The Morgan fingerprint density at radius 2 is 1.79 bits per heavy atom. The fraction of sp³-hybridized carbons (Fsp3) is 0.579. The fourth-order valence-electron chi connectivity index (χ4n) is 3.82. The summed E-state index contributed by atoms with van der Waals surface area (Å²) < 4.78 is 5.00. The molecule has 0 heterocycles. The van der Waals surface area contributed by atoms with Crippen molar-refractivity contribution in [1.29, 1.82) is 0 Å². The molecule has 0 atom stereocenters. The second kappa shape index (κ2) is 8.29. The van der Waals surface area contributed by atoms with E-state index >= 15 is 0 Å². The maximum Gasteiger partial charge on any atom is 0.422 e. The maximum absolute atomic E-state index is 12.8. The number of benzene rings is 1. The monoisotopic (exact) mass is 332 g/mol. The average molecular weight is 332 g/mol. The minimum absolute atomic E-state index is 0.300. The molecular formula is C19H28N2O3. The molecule has 0 saturated heterocycles. The second-order valence-electron chi connectivity index (χ2n) is 7.00. The third kappa shape index (κ3) is 4.35. The van der Waals surface area contributed by atoms with Crippen LogP contribution in [0.15, 0.2) is 30.3 Å². The van der Waals surface area contributed by atoms with E-state index < -0.39 is 12.1 Å². The van der Waals surface area contributed by atoms with Gasteiger partial charge >= 0.3 is 12.1 Å². The molecule has 2 N–H and O–H groups in total. The summed E-state index contributed by atoms with van der Waals surface area (Å²) in [5.41, 5.74) is 5.77. The molecule has 1 aliphatic carbocycles. The first-order chi connectivity index (χ1) is 11.5.